The Kier molecular flexibility index (Phi) is 12.9. The van der Waals surface area contributed by atoms with Gasteiger partial charge in [0.25, 0.3) is 10.0 Å². The summed E-state index contributed by atoms with van der Waals surface area (Å²) in [5.74, 6) is -0.296. The number of halogens is 2. The Hall–Kier alpha value is -4.25. The van der Waals surface area contributed by atoms with Crippen LogP contribution in [-0.2, 0) is 32.6 Å². The molecule has 1 N–H and O–H groups in total. The predicted octanol–water partition coefficient (Wildman–Crippen LogP) is 7.60. The number of anilines is 1. The Balaban J connectivity index is 1.62. The van der Waals surface area contributed by atoms with Gasteiger partial charge < -0.3 is 19.7 Å². The summed E-state index contributed by atoms with van der Waals surface area (Å²) in [6, 6.07) is 24.4. The molecule has 12 heteroatoms. The van der Waals surface area contributed by atoms with Crippen molar-refractivity contribution in [2.24, 2.45) is 0 Å². The summed E-state index contributed by atoms with van der Waals surface area (Å²) in [4.78, 5) is 30.6. The van der Waals surface area contributed by atoms with Gasteiger partial charge in [0, 0.05) is 40.7 Å². The molecule has 1 aliphatic rings. The van der Waals surface area contributed by atoms with Crippen molar-refractivity contribution < 1.29 is 27.5 Å². The number of hydrogen-bond donors (Lipinski definition) is 1. The number of hydrogen-bond acceptors (Lipinski definition) is 6. The highest BCUT2D eigenvalue weighted by Gasteiger charge is 2.36. The van der Waals surface area contributed by atoms with E-state index in [9.17, 15) is 18.0 Å². The maximum atomic E-state index is 14.9. The van der Waals surface area contributed by atoms with Crippen molar-refractivity contribution in [1.82, 2.24) is 10.2 Å². The zero-order chi connectivity index (χ0) is 36.5. The smallest absolute Gasteiger partial charge is 0.264 e. The Morgan fingerprint density at radius 3 is 2.12 bits per heavy atom. The molecule has 270 valence electrons. The first kappa shape index (κ1) is 38.0. The second kappa shape index (κ2) is 17.3. The van der Waals surface area contributed by atoms with Crippen LogP contribution in [0.15, 0.2) is 95.9 Å². The van der Waals surface area contributed by atoms with Crippen molar-refractivity contribution >= 4 is 50.7 Å². The van der Waals surface area contributed by atoms with Crippen molar-refractivity contribution in [3.63, 3.8) is 0 Å². The average Bonchev–Trinajstić information content (AvgIpc) is 3.13. The lowest BCUT2D eigenvalue weighted by molar-refractivity contribution is -0.140. The maximum Gasteiger partial charge on any atom is 0.264 e. The fraction of sp³-hybridized carbons (Fsp3) is 0.333. The molecule has 51 heavy (non-hydrogen) atoms. The maximum absolute atomic E-state index is 14.9. The Bertz CT molecular complexity index is 1900. The van der Waals surface area contributed by atoms with Gasteiger partial charge in [0.05, 0.1) is 24.8 Å². The second-order valence-corrected chi connectivity index (χ2v) is 15.3. The molecule has 0 radical (unpaired) electrons. The lowest BCUT2D eigenvalue weighted by Gasteiger charge is -2.35. The number of aryl methyl sites for hydroxylation is 1. The number of sulfonamides is 1. The van der Waals surface area contributed by atoms with E-state index in [0.29, 0.717) is 21.4 Å². The normalized spacial score (nSPS) is 14.0. The largest absolute Gasteiger partial charge is 0.493 e. The van der Waals surface area contributed by atoms with Crippen molar-refractivity contribution in [2.75, 3.05) is 25.1 Å². The molecular formula is C39H43Cl2N3O6S. The first-order valence-corrected chi connectivity index (χ1v) is 19.1. The minimum absolute atomic E-state index is 0.00717. The Morgan fingerprint density at radius 1 is 0.843 bits per heavy atom. The van der Waals surface area contributed by atoms with Gasteiger partial charge in [-0.3, -0.25) is 13.9 Å². The minimum atomic E-state index is -4.32. The highest BCUT2D eigenvalue weighted by molar-refractivity contribution is 7.92. The van der Waals surface area contributed by atoms with Crippen molar-refractivity contribution in [3.8, 4) is 11.5 Å². The molecule has 1 saturated carbocycles. The molecule has 0 spiro atoms. The molecule has 0 saturated heterocycles. The molecular weight excluding hydrogens is 709 g/mol. The van der Waals surface area contributed by atoms with E-state index >= 15 is 0 Å². The molecule has 0 aliphatic heterocycles. The van der Waals surface area contributed by atoms with Crippen LogP contribution in [0.2, 0.25) is 10.0 Å². The minimum Gasteiger partial charge on any atom is -0.493 e. The molecule has 1 fully saturated rings. The number of amides is 2. The molecule has 0 bridgehead atoms. The third-order valence-electron chi connectivity index (χ3n) is 9.16. The van der Waals surface area contributed by atoms with Crippen LogP contribution in [0, 0.1) is 6.92 Å². The summed E-state index contributed by atoms with van der Waals surface area (Å²) in [5.41, 5.74) is 2.31. The van der Waals surface area contributed by atoms with Gasteiger partial charge in [-0.05, 0) is 61.7 Å². The van der Waals surface area contributed by atoms with Crippen molar-refractivity contribution in [1.29, 1.82) is 0 Å². The van der Waals surface area contributed by atoms with Crippen LogP contribution in [0.3, 0.4) is 0 Å². The fourth-order valence-electron chi connectivity index (χ4n) is 6.30. The van der Waals surface area contributed by atoms with E-state index in [1.54, 1.807) is 42.5 Å². The Labute approximate surface area is 310 Å². The zero-order valence-corrected chi connectivity index (χ0v) is 31.3. The molecule has 9 nitrogen and oxygen atoms in total. The van der Waals surface area contributed by atoms with Crippen LogP contribution in [-0.4, -0.2) is 58.0 Å². The van der Waals surface area contributed by atoms with Crippen molar-refractivity contribution in [2.45, 2.75) is 69.0 Å². The number of carbonyl (C=O) groups excluding carboxylic acids is 2. The molecule has 0 heterocycles. The van der Waals surface area contributed by atoms with Crippen LogP contribution in [0.25, 0.3) is 0 Å². The number of carbonyl (C=O) groups is 2. The highest BCUT2D eigenvalue weighted by atomic mass is 35.5. The molecule has 1 unspecified atom stereocenters. The summed E-state index contributed by atoms with van der Waals surface area (Å²) in [5, 5.41) is 3.83. The van der Waals surface area contributed by atoms with E-state index in [0.717, 1.165) is 47.5 Å². The quantitative estimate of drug-likeness (QED) is 0.142. The van der Waals surface area contributed by atoms with E-state index in [2.05, 4.69) is 5.32 Å². The van der Waals surface area contributed by atoms with Gasteiger partial charge in [0.2, 0.25) is 11.8 Å². The van der Waals surface area contributed by atoms with E-state index < -0.39 is 28.5 Å². The van der Waals surface area contributed by atoms with E-state index in [1.165, 1.54) is 37.3 Å². The van der Waals surface area contributed by atoms with Crippen LogP contribution in [0.4, 0.5) is 5.69 Å². The fourth-order valence-corrected chi connectivity index (χ4v) is 8.22. The number of rotatable bonds is 14. The molecule has 1 aliphatic carbocycles. The zero-order valence-electron chi connectivity index (χ0n) is 29.0. The molecule has 5 rings (SSSR count). The Morgan fingerprint density at radius 2 is 1.49 bits per heavy atom. The van der Waals surface area contributed by atoms with Crippen molar-refractivity contribution in [3.05, 3.63) is 118 Å². The number of methoxy groups -OCH3 is 2. The summed E-state index contributed by atoms with van der Waals surface area (Å²) < 4.78 is 40.8. The van der Waals surface area contributed by atoms with E-state index in [4.69, 9.17) is 32.7 Å². The SMILES string of the molecule is COc1ccc(N(CC(=O)N(Cc2c(Cl)cccc2Cl)C(Cc2ccccc2)C(=O)NC2CCCCC2)S(=O)(=O)c2ccc(C)cc2)cc1OC. The van der Waals surface area contributed by atoms with Gasteiger partial charge in [-0.1, -0.05) is 96.6 Å². The van der Waals surface area contributed by atoms with E-state index in [1.807, 2.05) is 37.3 Å². The molecule has 0 aromatic heterocycles. The first-order chi connectivity index (χ1) is 24.5. The van der Waals surface area contributed by atoms with Gasteiger partial charge >= 0.3 is 0 Å². The van der Waals surface area contributed by atoms with Gasteiger partial charge in [-0.2, -0.15) is 0 Å². The van der Waals surface area contributed by atoms with Crippen LogP contribution < -0.4 is 19.1 Å². The number of ether oxygens (including phenoxy) is 2. The highest BCUT2D eigenvalue weighted by Crippen LogP contribution is 2.35. The summed E-state index contributed by atoms with van der Waals surface area (Å²) in [6.07, 6.45) is 4.98. The summed E-state index contributed by atoms with van der Waals surface area (Å²) in [6.45, 7) is 1.07. The predicted molar refractivity (Wildman–Crippen MR) is 201 cm³/mol. The van der Waals surface area contributed by atoms with E-state index in [-0.39, 0.29) is 41.2 Å². The van der Waals surface area contributed by atoms with Gasteiger partial charge in [0.1, 0.15) is 12.6 Å². The molecule has 4 aromatic rings. The van der Waals surface area contributed by atoms with Crippen LogP contribution in [0.5, 0.6) is 11.5 Å². The third kappa shape index (κ3) is 9.36. The summed E-state index contributed by atoms with van der Waals surface area (Å²) >= 11 is 13.3. The molecule has 4 aromatic carbocycles. The topological polar surface area (TPSA) is 105 Å². The third-order valence-corrected chi connectivity index (χ3v) is 11.7. The lowest BCUT2D eigenvalue weighted by atomic mass is 9.94. The molecule has 1 atom stereocenters. The van der Waals surface area contributed by atoms with Gasteiger partial charge in [-0.15, -0.1) is 0 Å². The lowest BCUT2D eigenvalue weighted by Crippen LogP contribution is -2.55. The van der Waals surface area contributed by atoms with Crippen LogP contribution >= 0.6 is 23.2 Å². The van der Waals surface area contributed by atoms with Crippen LogP contribution in [0.1, 0.15) is 48.8 Å². The van der Waals surface area contributed by atoms with Gasteiger partial charge in [0.15, 0.2) is 11.5 Å². The summed E-state index contributed by atoms with van der Waals surface area (Å²) in [7, 11) is -1.40. The number of benzene rings is 4. The monoisotopic (exact) mass is 751 g/mol. The van der Waals surface area contributed by atoms with Gasteiger partial charge in [-0.25, -0.2) is 8.42 Å². The first-order valence-electron chi connectivity index (χ1n) is 16.9. The molecule has 2 amide bonds. The number of nitrogens with one attached hydrogen (secondary N) is 1. The second-order valence-electron chi connectivity index (χ2n) is 12.6. The average molecular weight is 753 g/mol. The standard InChI is InChI=1S/C39H43Cl2N3O6S/c1-27-17-20-31(21-18-27)51(47,48)44(30-19-22-36(49-2)37(24-30)50-3)26-38(45)43(25-32-33(40)15-10-16-34(32)41)35(23-28-11-6-4-7-12-28)39(46)42-29-13-8-5-9-14-29/h4,6-7,10-12,15-22,24,29,35H,5,8-9,13-14,23,25-26H2,1-3H3,(H,42,46). The number of nitrogens with zero attached hydrogens (tertiary/aromatic N) is 2.